The summed E-state index contributed by atoms with van der Waals surface area (Å²) < 4.78 is 41.7. The molecule has 2 heterocycles. The number of nitrogens with zero attached hydrogens (tertiary/aromatic N) is 2. The van der Waals surface area contributed by atoms with Crippen LogP contribution >= 0.6 is 11.6 Å². The summed E-state index contributed by atoms with van der Waals surface area (Å²) in [4.78, 5) is 16.8. The van der Waals surface area contributed by atoms with E-state index in [1.54, 1.807) is 18.3 Å². The number of sulfonamides is 1. The number of benzene rings is 2. The Kier molecular flexibility index (Phi) is 12.6. The maximum atomic E-state index is 13.7. The number of urea groups is 1. The quantitative estimate of drug-likeness (QED) is 0.106. The Balaban J connectivity index is 1.02. The average molecular weight is 775 g/mol. The summed E-state index contributed by atoms with van der Waals surface area (Å²) in [5.41, 5.74) is 2.89. The normalized spacial score (nSPS) is 19.9. The van der Waals surface area contributed by atoms with Gasteiger partial charge < -0.3 is 45.6 Å². The number of aromatic nitrogens is 1. The number of carbonyl (C=O) groups excluding carboxylic acids is 1. The van der Waals surface area contributed by atoms with E-state index in [0.717, 1.165) is 48.1 Å². The van der Waals surface area contributed by atoms with Gasteiger partial charge in [-0.1, -0.05) is 29.8 Å². The summed E-state index contributed by atoms with van der Waals surface area (Å²) in [5.74, 6) is 0.826. The molecular weight excluding hydrogens is 728 g/mol. The zero-order valence-electron chi connectivity index (χ0n) is 29.2. The van der Waals surface area contributed by atoms with Crippen LogP contribution in [0.2, 0.25) is 5.02 Å². The van der Waals surface area contributed by atoms with Crippen molar-refractivity contribution < 1.29 is 48.2 Å². The van der Waals surface area contributed by atoms with E-state index in [2.05, 4.69) is 15.6 Å². The number of ether oxygens (including phenoxy) is 2. The number of amides is 2. The van der Waals surface area contributed by atoms with Crippen molar-refractivity contribution >= 4 is 27.7 Å². The van der Waals surface area contributed by atoms with Gasteiger partial charge in [-0.05, 0) is 85.9 Å². The van der Waals surface area contributed by atoms with Crippen LogP contribution in [0.15, 0.2) is 65.8 Å². The maximum Gasteiger partial charge on any atom is 0.314 e. The molecular formula is C37H47ClN4O10S. The monoisotopic (exact) mass is 774 g/mol. The van der Waals surface area contributed by atoms with Crippen molar-refractivity contribution in [2.75, 3.05) is 32.8 Å². The van der Waals surface area contributed by atoms with Crippen LogP contribution in [0.5, 0.6) is 5.75 Å². The smallest absolute Gasteiger partial charge is 0.314 e. The molecule has 14 nitrogen and oxygen atoms in total. The number of halogens is 1. The van der Waals surface area contributed by atoms with Crippen LogP contribution in [0.4, 0.5) is 4.79 Å². The number of hydrogen-bond acceptors (Lipinski definition) is 11. The van der Waals surface area contributed by atoms with Gasteiger partial charge in [0.05, 0.1) is 35.9 Å². The zero-order valence-corrected chi connectivity index (χ0v) is 30.8. The molecule has 0 radical (unpaired) electrons. The predicted octanol–water partition coefficient (Wildman–Crippen LogP) is 2.28. The highest BCUT2D eigenvalue weighted by Gasteiger charge is 2.48. The van der Waals surface area contributed by atoms with Gasteiger partial charge in [-0.15, -0.1) is 0 Å². The van der Waals surface area contributed by atoms with Crippen LogP contribution in [0.25, 0.3) is 11.1 Å². The van der Waals surface area contributed by atoms with Gasteiger partial charge >= 0.3 is 6.03 Å². The lowest BCUT2D eigenvalue weighted by atomic mass is 9.96. The largest absolute Gasteiger partial charge is 0.490 e. The first kappa shape index (κ1) is 39.3. The van der Waals surface area contributed by atoms with Crippen molar-refractivity contribution in [3.63, 3.8) is 0 Å². The van der Waals surface area contributed by atoms with E-state index >= 15 is 0 Å². The molecule has 2 aliphatic carbocycles. The Labute approximate surface area is 313 Å². The number of nitrogens with one attached hydrogen (secondary N) is 2. The van der Waals surface area contributed by atoms with E-state index in [9.17, 15) is 33.6 Å². The minimum Gasteiger partial charge on any atom is -0.490 e. The molecule has 4 atom stereocenters. The van der Waals surface area contributed by atoms with Gasteiger partial charge in [0, 0.05) is 54.7 Å². The van der Waals surface area contributed by atoms with Gasteiger partial charge in [0.15, 0.2) is 0 Å². The Morgan fingerprint density at radius 2 is 1.68 bits per heavy atom. The molecule has 2 aromatic carbocycles. The summed E-state index contributed by atoms with van der Waals surface area (Å²) >= 11 is 6.58. The molecule has 1 aromatic heterocycles. The van der Waals surface area contributed by atoms with E-state index in [1.807, 2.05) is 36.5 Å². The molecule has 3 aliphatic rings. The first-order valence-electron chi connectivity index (χ1n) is 17.9. The number of para-hydroxylation sites is 1. The number of pyridine rings is 1. The second-order valence-corrected chi connectivity index (χ2v) is 16.4. The summed E-state index contributed by atoms with van der Waals surface area (Å²) in [5, 5.41) is 53.4. The molecule has 0 spiro atoms. The first-order valence-corrected chi connectivity index (χ1v) is 19.7. The third kappa shape index (κ3) is 9.47. The fraction of sp³-hybridized carbons (Fsp3) is 0.514. The fourth-order valence-corrected chi connectivity index (χ4v) is 8.17. The van der Waals surface area contributed by atoms with Crippen LogP contribution in [0, 0.1) is 5.92 Å². The highest BCUT2D eigenvalue weighted by atomic mass is 35.5. The first-order chi connectivity index (χ1) is 25.4. The topological polar surface area (TPSA) is 211 Å². The molecule has 2 saturated carbocycles. The lowest BCUT2D eigenvalue weighted by molar-refractivity contribution is -0.113. The highest BCUT2D eigenvalue weighted by molar-refractivity contribution is 7.89. The van der Waals surface area contributed by atoms with Crippen LogP contribution in [0.3, 0.4) is 0 Å². The second kappa shape index (κ2) is 17.0. The van der Waals surface area contributed by atoms with E-state index in [-0.39, 0.29) is 43.2 Å². The molecule has 53 heavy (non-hydrogen) atoms. The minimum atomic E-state index is -3.85. The van der Waals surface area contributed by atoms with E-state index < -0.39 is 59.2 Å². The van der Waals surface area contributed by atoms with Gasteiger partial charge in [0.25, 0.3) is 0 Å². The van der Waals surface area contributed by atoms with Gasteiger partial charge in [0.1, 0.15) is 24.1 Å². The predicted molar refractivity (Wildman–Crippen MR) is 194 cm³/mol. The summed E-state index contributed by atoms with van der Waals surface area (Å²) in [6.45, 7) is -0.362. The van der Waals surface area contributed by atoms with Crippen LogP contribution in [-0.2, 0) is 27.0 Å². The minimum absolute atomic E-state index is 0.00208. The molecule has 3 aromatic rings. The van der Waals surface area contributed by atoms with E-state index in [0.29, 0.717) is 23.4 Å². The van der Waals surface area contributed by atoms with E-state index in [4.69, 9.17) is 26.2 Å². The van der Waals surface area contributed by atoms with Gasteiger partial charge in [-0.2, -0.15) is 4.31 Å². The Morgan fingerprint density at radius 3 is 2.38 bits per heavy atom. The van der Waals surface area contributed by atoms with E-state index in [1.165, 1.54) is 10.4 Å². The van der Waals surface area contributed by atoms with Crippen molar-refractivity contribution in [2.45, 2.75) is 86.1 Å². The Bertz CT molecular complexity index is 1840. The van der Waals surface area contributed by atoms with Crippen LogP contribution in [-0.4, -0.2) is 113 Å². The van der Waals surface area contributed by atoms with Crippen LogP contribution in [0.1, 0.15) is 49.7 Å². The molecule has 0 bridgehead atoms. The summed E-state index contributed by atoms with van der Waals surface area (Å²) in [7, 11) is -3.85. The lowest BCUT2D eigenvalue weighted by Crippen LogP contribution is -2.51. The third-order valence-corrected chi connectivity index (χ3v) is 12.4. The third-order valence-electron chi connectivity index (χ3n) is 10.1. The molecule has 3 fully saturated rings. The van der Waals surface area contributed by atoms with Crippen molar-refractivity contribution in [2.24, 2.45) is 5.92 Å². The van der Waals surface area contributed by atoms with Crippen molar-refractivity contribution in [3.8, 4) is 16.9 Å². The second-order valence-electron chi connectivity index (χ2n) is 14.0. The number of aliphatic hydroxyl groups excluding tert-OH is 5. The molecule has 6 rings (SSSR count). The number of carbonyl (C=O) groups is 1. The molecule has 288 valence electrons. The number of piperidine rings is 1. The molecule has 1 saturated heterocycles. The maximum absolute atomic E-state index is 13.7. The van der Waals surface area contributed by atoms with Crippen molar-refractivity contribution in [1.82, 2.24) is 19.9 Å². The van der Waals surface area contributed by atoms with Gasteiger partial charge in [-0.25, -0.2) is 13.2 Å². The van der Waals surface area contributed by atoms with Crippen molar-refractivity contribution in [1.29, 1.82) is 0 Å². The lowest BCUT2D eigenvalue weighted by Gasteiger charge is -2.31. The highest BCUT2D eigenvalue weighted by Crippen LogP contribution is 2.53. The Hall–Kier alpha value is -3.38. The van der Waals surface area contributed by atoms with Gasteiger partial charge in [-0.3, -0.25) is 4.98 Å². The SMILES string of the molecule is O=C(NCC1CCN(S(=O)(=O)c2ccc(Cl)c(COC3(c4cnccc4-c4ccccc4OC4CC4)CC3)c2)CC1)NC[C@H](O)[C@@H](O)[C@H](O)[C@H](O)CO. The number of rotatable bonds is 17. The molecule has 16 heteroatoms. The molecule has 1 aliphatic heterocycles. The summed E-state index contributed by atoms with van der Waals surface area (Å²) in [6.07, 6.45) is 1.68. The average Bonchev–Trinajstić information content (AvgIpc) is 4.13. The molecule has 0 unspecified atom stereocenters. The molecule has 7 N–H and O–H groups in total. The number of aliphatic hydroxyl groups is 5. The zero-order chi connectivity index (χ0) is 37.8. The van der Waals surface area contributed by atoms with Crippen LogP contribution < -0.4 is 15.4 Å². The standard InChI is InChI=1S/C37H47ClN4O10S/c38-30-8-7-26(53(49,50)42-15-10-23(11-16-42)18-40-36(48)41-20-31(44)34(46)35(47)32(45)21-43)17-24(30)22-51-37(12-13-37)29-19-39-14-9-27(29)28-3-1-2-4-33(28)52-25-5-6-25/h1-4,7-9,14,17,19,23,25,31-32,34-35,43-47H,5-6,10-13,15-16,18,20-22H2,(H2,40,41,48)/t31-,32+,34+,35+/m0/s1. The molecule has 2 amide bonds. The Morgan fingerprint density at radius 1 is 0.962 bits per heavy atom. The fourth-order valence-electron chi connectivity index (χ4n) is 6.48. The summed E-state index contributed by atoms with van der Waals surface area (Å²) in [6, 6.07) is 14.0. The number of hydrogen-bond donors (Lipinski definition) is 7. The van der Waals surface area contributed by atoms with Crippen molar-refractivity contribution in [3.05, 3.63) is 77.1 Å². The van der Waals surface area contributed by atoms with Gasteiger partial charge in [0.2, 0.25) is 10.0 Å².